The number of hydrogen-bond donors (Lipinski definition) is 0. The molecule has 340 valence electrons. The van der Waals surface area contributed by atoms with Crippen LogP contribution in [0.2, 0.25) is 0 Å². The van der Waals surface area contributed by atoms with Crippen molar-refractivity contribution < 1.29 is 52.2 Å². The van der Waals surface area contributed by atoms with Crippen molar-refractivity contribution in [2.75, 3.05) is 13.2 Å². The number of carbonyl (C=O) groups is 2. The average molecular weight is 883 g/mol. The molecule has 11 nitrogen and oxygen atoms in total. The Morgan fingerprint density at radius 3 is 1.45 bits per heavy atom. The molecule has 2 heterocycles. The summed E-state index contributed by atoms with van der Waals surface area (Å²) in [6.07, 6.45) is 6.26. The van der Waals surface area contributed by atoms with Crippen molar-refractivity contribution in [1.29, 1.82) is 0 Å². The largest absolute Gasteiger partial charge is 0.459 e. The number of rotatable bonds is 22. The maximum atomic E-state index is 13.3. The van der Waals surface area contributed by atoms with E-state index in [2.05, 4.69) is 13.2 Å². The lowest BCUT2D eigenvalue weighted by Crippen LogP contribution is -2.56. The minimum atomic E-state index is -0.916. The van der Waals surface area contributed by atoms with Crippen molar-refractivity contribution in [3.63, 3.8) is 0 Å². The van der Waals surface area contributed by atoms with Gasteiger partial charge in [0.05, 0.1) is 49.8 Å². The minimum absolute atomic E-state index is 0.124. The Labute approximate surface area is 381 Å². The van der Waals surface area contributed by atoms with E-state index in [1.54, 1.807) is 6.08 Å². The van der Waals surface area contributed by atoms with Crippen LogP contribution in [0.1, 0.15) is 47.9 Å². The van der Waals surface area contributed by atoms with Crippen LogP contribution < -0.4 is 0 Å². The van der Waals surface area contributed by atoms with Crippen molar-refractivity contribution in [1.82, 2.24) is 0 Å². The molecular weight excluding hydrogens is 825 g/mol. The molecular formula is C54H58O11. The Kier molecular flexibility index (Phi) is 18.2. The van der Waals surface area contributed by atoms with E-state index in [4.69, 9.17) is 42.6 Å². The quantitative estimate of drug-likeness (QED) is 0.0427. The Bertz CT molecular complexity index is 2190. The highest BCUT2D eigenvalue weighted by atomic mass is 16.8. The smallest absolute Gasteiger partial charge is 0.338 e. The fourth-order valence-corrected chi connectivity index (χ4v) is 7.83. The van der Waals surface area contributed by atoms with Crippen LogP contribution in [0, 0.1) is 0 Å². The first-order valence-corrected chi connectivity index (χ1v) is 22.2. The van der Waals surface area contributed by atoms with Crippen molar-refractivity contribution in [3.05, 3.63) is 204 Å². The van der Waals surface area contributed by atoms with E-state index in [1.807, 2.05) is 133 Å². The average Bonchev–Trinajstić information content (AvgIpc) is 3.35. The molecule has 0 N–H and O–H groups in total. The molecule has 4 unspecified atom stereocenters. The molecule has 2 fully saturated rings. The zero-order valence-electron chi connectivity index (χ0n) is 36.6. The van der Waals surface area contributed by atoms with Crippen LogP contribution in [0.5, 0.6) is 0 Å². The normalized spacial score (nSPS) is 24.4. The second kappa shape index (κ2) is 25.1. The lowest BCUT2D eigenvalue weighted by molar-refractivity contribution is -0.345. The molecule has 11 heteroatoms. The highest BCUT2D eigenvalue weighted by molar-refractivity contribution is 5.92. The van der Waals surface area contributed by atoms with E-state index >= 15 is 0 Å². The van der Waals surface area contributed by atoms with E-state index in [0.717, 1.165) is 35.1 Å². The number of carbonyl (C=O) groups excluding carboxylic acids is 2. The summed E-state index contributed by atoms with van der Waals surface area (Å²) in [5.41, 5.74) is 4.60. The molecule has 4 aromatic rings. The second-order valence-electron chi connectivity index (χ2n) is 15.9. The third kappa shape index (κ3) is 14.4. The van der Waals surface area contributed by atoms with Crippen LogP contribution in [0.25, 0.3) is 0 Å². The highest BCUT2D eigenvalue weighted by Crippen LogP contribution is 2.34. The summed E-state index contributed by atoms with van der Waals surface area (Å²) in [4.78, 5) is 26.6. The van der Waals surface area contributed by atoms with Gasteiger partial charge in [0.2, 0.25) is 0 Å². The standard InChI is InChI=1S/C54H58O11/c1-3-20-43(4-2)53(55)61-37-47-51(59-35-41-25-14-7-15-26-41)45(57-33-39-21-10-5-11-22-39)31-49(63-47)65-50-32-46(58-34-40-23-12-6-13-24-40)52(60-36-42-27-16-8-17-28-42)48(64-50)38-62-54(56)44-29-18-9-19-30-44/h3-8,10-18,20-30,45-52H,1-2,9,19,31-38H2/b43-20+/t45?,46?,47?,48?,49-,50-,51+,52+/m1/s1. The van der Waals surface area contributed by atoms with E-state index in [0.29, 0.717) is 12.2 Å². The van der Waals surface area contributed by atoms with E-state index in [9.17, 15) is 9.59 Å². The lowest BCUT2D eigenvalue weighted by Gasteiger charge is -2.45. The molecule has 0 radical (unpaired) electrons. The Hall–Kier alpha value is -5.76. The van der Waals surface area contributed by atoms with Gasteiger partial charge >= 0.3 is 11.9 Å². The maximum absolute atomic E-state index is 13.3. The number of ether oxygens (including phenoxy) is 9. The van der Waals surface area contributed by atoms with Gasteiger partial charge in [0.1, 0.15) is 37.6 Å². The van der Waals surface area contributed by atoms with Gasteiger partial charge in [-0.05, 0) is 41.2 Å². The molecule has 0 bridgehead atoms. The lowest BCUT2D eigenvalue weighted by atomic mass is 9.99. The minimum Gasteiger partial charge on any atom is -0.459 e. The molecule has 65 heavy (non-hydrogen) atoms. The van der Waals surface area contributed by atoms with Crippen LogP contribution in [-0.2, 0) is 78.6 Å². The van der Waals surface area contributed by atoms with Crippen molar-refractivity contribution in [2.45, 2.75) is 101 Å². The molecule has 7 rings (SSSR count). The van der Waals surface area contributed by atoms with Gasteiger partial charge in [-0.25, -0.2) is 9.59 Å². The summed E-state index contributed by atoms with van der Waals surface area (Å²) in [6.45, 7) is 8.27. The van der Waals surface area contributed by atoms with Gasteiger partial charge in [-0.1, -0.05) is 165 Å². The zero-order chi connectivity index (χ0) is 45.1. The summed E-state index contributed by atoms with van der Waals surface area (Å²) in [7, 11) is 0. The molecule has 0 spiro atoms. The number of hydrogen-bond acceptors (Lipinski definition) is 11. The fourth-order valence-electron chi connectivity index (χ4n) is 7.83. The number of esters is 2. The maximum Gasteiger partial charge on any atom is 0.338 e. The molecule has 2 saturated heterocycles. The second-order valence-corrected chi connectivity index (χ2v) is 15.9. The topological polar surface area (TPSA) is 117 Å². The number of allylic oxidation sites excluding steroid dienone is 4. The highest BCUT2D eigenvalue weighted by Gasteiger charge is 2.46. The molecule has 0 saturated carbocycles. The van der Waals surface area contributed by atoms with E-state index in [1.165, 1.54) is 18.2 Å². The van der Waals surface area contributed by atoms with Gasteiger partial charge < -0.3 is 42.6 Å². The van der Waals surface area contributed by atoms with Crippen LogP contribution in [0.15, 0.2) is 182 Å². The Balaban J connectivity index is 1.15. The Morgan fingerprint density at radius 2 is 1.03 bits per heavy atom. The predicted molar refractivity (Wildman–Crippen MR) is 245 cm³/mol. The molecule has 0 aromatic heterocycles. The van der Waals surface area contributed by atoms with Crippen LogP contribution in [0.3, 0.4) is 0 Å². The monoisotopic (exact) mass is 882 g/mol. The third-order valence-electron chi connectivity index (χ3n) is 11.2. The van der Waals surface area contributed by atoms with Crippen molar-refractivity contribution in [3.8, 4) is 0 Å². The van der Waals surface area contributed by atoms with E-state index < -0.39 is 61.1 Å². The molecule has 3 aliphatic rings. The summed E-state index contributed by atoms with van der Waals surface area (Å²) < 4.78 is 58.5. The van der Waals surface area contributed by atoms with Crippen LogP contribution in [0.4, 0.5) is 0 Å². The zero-order valence-corrected chi connectivity index (χ0v) is 36.6. The first-order chi connectivity index (χ1) is 31.9. The van der Waals surface area contributed by atoms with Crippen LogP contribution >= 0.6 is 0 Å². The molecule has 4 aromatic carbocycles. The summed E-state index contributed by atoms with van der Waals surface area (Å²) in [5, 5.41) is 0. The van der Waals surface area contributed by atoms with Crippen LogP contribution in [-0.4, -0.2) is 74.4 Å². The van der Waals surface area contributed by atoms with Gasteiger partial charge in [-0.15, -0.1) is 0 Å². The van der Waals surface area contributed by atoms with Gasteiger partial charge in [0.25, 0.3) is 0 Å². The first-order valence-electron chi connectivity index (χ1n) is 22.2. The van der Waals surface area contributed by atoms with Gasteiger partial charge in [-0.2, -0.15) is 0 Å². The summed E-state index contributed by atoms with van der Waals surface area (Å²) >= 11 is 0. The molecule has 2 aliphatic heterocycles. The van der Waals surface area contributed by atoms with Gasteiger partial charge in [0.15, 0.2) is 12.6 Å². The SMILES string of the molecule is C=C/C=C(\C=C)C(=O)OCC1O[C@H](O[C@@H]2CC(OCc3ccccc3)[C@H](OCc3ccccc3)C(COC(=O)C3=CCCC=C3)O2)CC(OCc2ccccc2)[C@@H]1OCc1ccccc1. The molecule has 0 amide bonds. The predicted octanol–water partition coefficient (Wildman–Crippen LogP) is 9.24. The Morgan fingerprint density at radius 1 is 0.585 bits per heavy atom. The fraction of sp³-hybridized carbons (Fsp3) is 0.333. The summed E-state index contributed by atoms with van der Waals surface area (Å²) in [6, 6.07) is 39.4. The van der Waals surface area contributed by atoms with E-state index in [-0.39, 0.29) is 51.4 Å². The van der Waals surface area contributed by atoms with Crippen molar-refractivity contribution >= 4 is 11.9 Å². The first kappa shape index (κ1) is 47.2. The molecule has 1 aliphatic carbocycles. The van der Waals surface area contributed by atoms with Crippen molar-refractivity contribution in [2.24, 2.45) is 0 Å². The summed E-state index contributed by atoms with van der Waals surface area (Å²) in [5.74, 6) is -1.05. The molecule has 8 atom stereocenters. The van der Waals surface area contributed by atoms with Gasteiger partial charge in [0, 0.05) is 12.8 Å². The third-order valence-corrected chi connectivity index (χ3v) is 11.2. The van der Waals surface area contributed by atoms with Gasteiger partial charge in [-0.3, -0.25) is 0 Å². The number of benzene rings is 4.